The minimum atomic E-state index is -0.0794. The normalized spacial score (nSPS) is 12.8. The highest BCUT2D eigenvalue weighted by atomic mass is 32.1. The molecule has 0 fully saturated rings. The summed E-state index contributed by atoms with van der Waals surface area (Å²) in [5.74, 6) is 0.192. The van der Waals surface area contributed by atoms with Crippen LogP contribution in [0.15, 0.2) is 5.38 Å². The Morgan fingerprint density at radius 2 is 2.46 bits per heavy atom. The second-order valence-corrected chi connectivity index (χ2v) is 3.98. The number of hydrogen-bond donors (Lipinski definition) is 1. The molecule has 1 aromatic heterocycles. The summed E-state index contributed by atoms with van der Waals surface area (Å²) in [5, 5.41) is 5.79. The van der Waals surface area contributed by atoms with Crippen LogP contribution in [0.5, 0.6) is 0 Å². The quantitative estimate of drug-likeness (QED) is 0.789. The highest BCUT2D eigenvalue weighted by Gasteiger charge is 2.12. The Labute approximate surface area is 82.2 Å². The molecule has 72 valence electrons. The predicted octanol–water partition coefficient (Wildman–Crippen LogP) is 1.17. The van der Waals surface area contributed by atoms with Gasteiger partial charge in [-0.3, -0.25) is 4.79 Å². The smallest absolute Gasteiger partial charge is 0.156 e. The maximum absolute atomic E-state index is 11.5. The zero-order valence-corrected chi connectivity index (χ0v) is 8.94. The lowest BCUT2D eigenvalue weighted by Crippen LogP contribution is -2.31. The van der Waals surface area contributed by atoms with E-state index < -0.39 is 0 Å². The fourth-order valence-corrected chi connectivity index (χ4v) is 1.73. The van der Waals surface area contributed by atoms with Gasteiger partial charge in [-0.2, -0.15) is 0 Å². The summed E-state index contributed by atoms with van der Waals surface area (Å²) in [7, 11) is 1.79. The number of aromatic nitrogens is 1. The monoisotopic (exact) mass is 198 g/mol. The van der Waals surface area contributed by atoms with Crippen molar-refractivity contribution in [1.29, 1.82) is 0 Å². The van der Waals surface area contributed by atoms with Crippen LogP contribution in [0.1, 0.15) is 17.6 Å². The molecule has 0 aliphatic heterocycles. The van der Waals surface area contributed by atoms with E-state index in [1.54, 1.807) is 18.4 Å². The first-order valence-corrected chi connectivity index (χ1v) is 5.12. The highest BCUT2D eigenvalue weighted by molar-refractivity contribution is 7.09. The number of likely N-dealkylation sites (N-methyl/N-ethyl adjacent to an activating group) is 1. The largest absolute Gasteiger partial charge is 0.311 e. The molecule has 0 bridgehead atoms. The van der Waals surface area contributed by atoms with Gasteiger partial charge in [-0.05, 0) is 20.9 Å². The van der Waals surface area contributed by atoms with E-state index in [4.69, 9.17) is 0 Å². The number of ketones is 1. The van der Waals surface area contributed by atoms with Gasteiger partial charge in [-0.1, -0.05) is 0 Å². The van der Waals surface area contributed by atoms with Crippen LogP contribution in [-0.2, 0) is 11.2 Å². The number of nitrogens with one attached hydrogen (secondary N) is 1. The van der Waals surface area contributed by atoms with Crippen molar-refractivity contribution in [3.8, 4) is 0 Å². The van der Waals surface area contributed by atoms with Crippen LogP contribution >= 0.6 is 11.3 Å². The minimum Gasteiger partial charge on any atom is -0.311 e. The van der Waals surface area contributed by atoms with Crippen molar-refractivity contribution >= 4 is 17.1 Å². The number of hydrogen-bond acceptors (Lipinski definition) is 4. The molecule has 0 saturated carbocycles. The number of thiazole rings is 1. The minimum absolute atomic E-state index is 0.0794. The summed E-state index contributed by atoms with van der Waals surface area (Å²) in [4.78, 5) is 15.7. The second kappa shape index (κ2) is 4.48. The fourth-order valence-electron chi connectivity index (χ4n) is 0.947. The predicted molar refractivity (Wildman–Crippen MR) is 54.1 cm³/mol. The maximum Gasteiger partial charge on any atom is 0.156 e. The summed E-state index contributed by atoms with van der Waals surface area (Å²) >= 11 is 1.55. The molecule has 1 atom stereocenters. The van der Waals surface area contributed by atoms with Crippen LogP contribution in [0.25, 0.3) is 0 Å². The van der Waals surface area contributed by atoms with E-state index in [9.17, 15) is 4.79 Å². The standard InChI is InChI=1S/C9H14N2OS/c1-6-5-13-9(11-6)4-8(12)7(2)10-3/h5,7,10H,4H2,1-3H3. The number of aryl methyl sites for hydroxylation is 1. The van der Waals surface area contributed by atoms with E-state index in [0.29, 0.717) is 6.42 Å². The summed E-state index contributed by atoms with van der Waals surface area (Å²) in [6, 6.07) is -0.0794. The number of Topliss-reactive ketones (excluding diaryl/α,β-unsaturated/α-hetero) is 1. The van der Waals surface area contributed by atoms with Gasteiger partial charge >= 0.3 is 0 Å². The number of rotatable bonds is 4. The molecule has 0 saturated heterocycles. The van der Waals surface area contributed by atoms with E-state index in [-0.39, 0.29) is 11.8 Å². The third-order valence-corrected chi connectivity index (χ3v) is 2.87. The molecular weight excluding hydrogens is 184 g/mol. The molecule has 1 rings (SSSR count). The van der Waals surface area contributed by atoms with Crippen LogP contribution in [0.3, 0.4) is 0 Å². The molecule has 1 N–H and O–H groups in total. The summed E-state index contributed by atoms with van der Waals surface area (Å²) in [6.07, 6.45) is 0.445. The van der Waals surface area contributed by atoms with Gasteiger partial charge in [-0.15, -0.1) is 11.3 Å². The van der Waals surface area contributed by atoms with Crippen LogP contribution in [-0.4, -0.2) is 23.9 Å². The fraction of sp³-hybridized carbons (Fsp3) is 0.556. The molecule has 0 aliphatic carbocycles. The first-order valence-electron chi connectivity index (χ1n) is 4.24. The Kier molecular flexibility index (Phi) is 3.57. The van der Waals surface area contributed by atoms with E-state index in [2.05, 4.69) is 10.3 Å². The molecule has 1 heterocycles. The van der Waals surface area contributed by atoms with Crippen molar-refractivity contribution in [1.82, 2.24) is 10.3 Å². The Morgan fingerprint density at radius 1 is 1.77 bits per heavy atom. The van der Waals surface area contributed by atoms with E-state index in [1.807, 2.05) is 19.2 Å². The SMILES string of the molecule is CNC(C)C(=O)Cc1nc(C)cs1. The Balaban J connectivity index is 2.54. The molecule has 0 spiro atoms. The van der Waals surface area contributed by atoms with Crippen molar-refractivity contribution in [2.75, 3.05) is 7.05 Å². The average Bonchev–Trinajstić information content (AvgIpc) is 2.49. The van der Waals surface area contributed by atoms with E-state index in [1.165, 1.54) is 0 Å². The van der Waals surface area contributed by atoms with E-state index >= 15 is 0 Å². The highest BCUT2D eigenvalue weighted by Crippen LogP contribution is 2.10. The lowest BCUT2D eigenvalue weighted by Gasteiger charge is -2.06. The molecule has 1 unspecified atom stereocenters. The molecule has 0 amide bonds. The van der Waals surface area contributed by atoms with Gasteiger partial charge in [0.15, 0.2) is 5.78 Å². The maximum atomic E-state index is 11.5. The molecule has 4 heteroatoms. The third-order valence-electron chi connectivity index (χ3n) is 1.91. The first kappa shape index (κ1) is 10.3. The molecule has 0 aromatic carbocycles. The third kappa shape index (κ3) is 2.90. The Morgan fingerprint density at radius 3 is 2.92 bits per heavy atom. The van der Waals surface area contributed by atoms with Crippen molar-refractivity contribution in [2.45, 2.75) is 26.3 Å². The zero-order chi connectivity index (χ0) is 9.84. The topological polar surface area (TPSA) is 42.0 Å². The lowest BCUT2D eigenvalue weighted by molar-refractivity contribution is -0.119. The lowest BCUT2D eigenvalue weighted by atomic mass is 10.1. The van der Waals surface area contributed by atoms with Crippen LogP contribution < -0.4 is 5.32 Å². The van der Waals surface area contributed by atoms with E-state index in [0.717, 1.165) is 10.7 Å². The molecule has 0 aliphatic rings. The van der Waals surface area contributed by atoms with Crippen LogP contribution in [0.4, 0.5) is 0 Å². The Bertz CT molecular complexity index is 296. The summed E-state index contributed by atoms with van der Waals surface area (Å²) in [6.45, 7) is 3.80. The van der Waals surface area contributed by atoms with Gasteiger partial charge in [-0.25, -0.2) is 4.98 Å². The zero-order valence-electron chi connectivity index (χ0n) is 8.13. The first-order chi connectivity index (χ1) is 6.13. The van der Waals surface area contributed by atoms with Gasteiger partial charge in [0, 0.05) is 11.1 Å². The van der Waals surface area contributed by atoms with Gasteiger partial charge < -0.3 is 5.32 Å². The van der Waals surface area contributed by atoms with Crippen molar-refractivity contribution in [3.63, 3.8) is 0 Å². The summed E-state index contributed by atoms with van der Waals surface area (Å²) < 4.78 is 0. The molecule has 3 nitrogen and oxygen atoms in total. The van der Waals surface area contributed by atoms with Gasteiger partial charge in [0.05, 0.1) is 12.5 Å². The molecule has 13 heavy (non-hydrogen) atoms. The number of nitrogens with zero attached hydrogens (tertiary/aromatic N) is 1. The second-order valence-electron chi connectivity index (χ2n) is 3.04. The van der Waals surface area contributed by atoms with Gasteiger partial charge in [0.25, 0.3) is 0 Å². The molecule has 0 radical (unpaired) electrons. The average molecular weight is 198 g/mol. The summed E-state index contributed by atoms with van der Waals surface area (Å²) in [5.41, 5.74) is 0.991. The Hall–Kier alpha value is -0.740. The van der Waals surface area contributed by atoms with Crippen molar-refractivity contribution < 1.29 is 4.79 Å². The van der Waals surface area contributed by atoms with Gasteiger partial charge in [0.1, 0.15) is 5.01 Å². The molecule has 1 aromatic rings. The van der Waals surface area contributed by atoms with Crippen LogP contribution in [0, 0.1) is 6.92 Å². The number of carbonyl (C=O) groups is 1. The van der Waals surface area contributed by atoms with Crippen molar-refractivity contribution in [2.24, 2.45) is 0 Å². The van der Waals surface area contributed by atoms with Crippen molar-refractivity contribution in [3.05, 3.63) is 16.1 Å². The number of carbonyl (C=O) groups excluding carboxylic acids is 1. The van der Waals surface area contributed by atoms with Gasteiger partial charge in [0.2, 0.25) is 0 Å². The molecular formula is C9H14N2OS. The van der Waals surface area contributed by atoms with Crippen LogP contribution in [0.2, 0.25) is 0 Å².